The molecule has 3 atom stereocenters. The number of carbonyl (C=O) groups is 1. The molecule has 31 heavy (non-hydrogen) atoms. The van der Waals surface area contributed by atoms with Gasteiger partial charge in [0, 0.05) is 43.2 Å². The number of ether oxygens (including phenoxy) is 1. The van der Waals surface area contributed by atoms with Crippen molar-refractivity contribution in [3.05, 3.63) is 41.7 Å². The Labute approximate surface area is 183 Å². The van der Waals surface area contributed by atoms with E-state index in [0.29, 0.717) is 19.1 Å². The number of fused-ring (bicyclic) bond motifs is 1. The van der Waals surface area contributed by atoms with E-state index in [2.05, 4.69) is 23.2 Å². The van der Waals surface area contributed by atoms with Gasteiger partial charge in [-0.2, -0.15) is 0 Å². The molecule has 0 unspecified atom stereocenters. The first-order valence-corrected chi connectivity index (χ1v) is 11.4. The van der Waals surface area contributed by atoms with Gasteiger partial charge in [0.05, 0.1) is 31.1 Å². The van der Waals surface area contributed by atoms with Crippen LogP contribution in [0.5, 0.6) is 0 Å². The lowest BCUT2D eigenvalue weighted by atomic mass is 9.80. The number of hydrogen-bond acceptors (Lipinski definition) is 6. The summed E-state index contributed by atoms with van der Waals surface area (Å²) in [5.74, 6) is 2.73. The van der Waals surface area contributed by atoms with E-state index in [1.165, 1.54) is 12.8 Å². The molecule has 1 amide bonds. The van der Waals surface area contributed by atoms with Crippen LogP contribution in [0.25, 0.3) is 0 Å². The number of amides is 1. The van der Waals surface area contributed by atoms with Crippen LogP contribution >= 0.6 is 0 Å². The molecule has 0 radical (unpaired) electrons. The molecule has 2 aromatic rings. The Morgan fingerprint density at radius 3 is 2.68 bits per heavy atom. The molecule has 2 fully saturated rings. The first kappa shape index (κ1) is 20.2. The molecule has 0 aromatic carbocycles. The van der Waals surface area contributed by atoms with Crippen LogP contribution in [0, 0.1) is 18.8 Å². The van der Waals surface area contributed by atoms with E-state index in [4.69, 9.17) is 14.7 Å². The third kappa shape index (κ3) is 3.87. The maximum absolute atomic E-state index is 12.8. The van der Waals surface area contributed by atoms with Crippen molar-refractivity contribution in [1.82, 2.24) is 9.97 Å². The normalized spacial score (nSPS) is 25.8. The standard InChI is InChI=1S/C24H31N5O2/c1-15-5-4-6-21(26-15)27-23-16(2)24(18-7-8-18)29(17(3)30)20-14-25-22(13-19(20)23)28-9-11-31-12-10-28/h4-6,13-14,16,18,23-24H,7-12H2,1-3H3,(H,26,27)/t16-,23-,24-/m0/s1. The number of hydrogen-bond donors (Lipinski definition) is 1. The minimum Gasteiger partial charge on any atom is -0.378 e. The molecule has 4 heterocycles. The SMILES string of the molecule is CC(=O)N1c2cnc(N3CCOCC3)cc2[C@@H](Nc2cccc(C)n2)[C@H](C)[C@H]1C1CC1. The molecule has 1 aliphatic carbocycles. The smallest absolute Gasteiger partial charge is 0.224 e. The summed E-state index contributed by atoms with van der Waals surface area (Å²) in [5.41, 5.74) is 3.05. The van der Waals surface area contributed by atoms with Crippen LogP contribution in [0.2, 0.25) is 0 Å². The van der Waals surface area contributed by atoms with Crippen molar-refractivity contribution in [2.75, 3.05) is 41.4 Å². The highest BCUT2D eigenvalue weighted by molar-refractivity contribution is 5.94. The molecular weight excluding hydrogens is 390 g/mol. The Bertz CT molecular complexity index is 970. The predicted molar refractivity (Wildman–Crippen MR) is 121 cm³/mol. The van der Waals surface area contributed by atoms with E-state index >= 15 is 0 Å². The van der Waals surface area contributed by atoms with Gasteiger partial charge in [0.2, 0.25) is 5.91 Å². The Hall–Kier alpha value is -2.67. The fraction of sp³-hybridized carbons (Fsp3) is 0.542. The topological polar surface area (TPSA) is 70.6 Å². The van der Waals surface area contributed by atoms with E-state index in [-0.39, 0.29) is 23.9 Å². The van der Waals surface area contributed by atoms with Gasteiger partial charge in [0.15, 0.2) is 0 Å². The molecular formula is C24H31N5O2. The van der Waals surface area contributed by atoms with Gasteiger partial charge >= 0.3 is 0 Å². The van der Waals surface area contributed by atoms with Crippen LogP contribution in [0.4, 0.5) is 17.3 Å². The van der Waals surface area contributed by atoms with Crippen molar-refractivity contribution in [3.63, 3.8) is 0 Å². The molecule has 0 spiro atoms. The number of carbonyl (C=O) groups excluding carboxylic acids is 1. The van der Waals surface area contributed by atoms with Crippen molar-refractivity contribution in [3.8, 4) is 0 Å². The summed E-state index contributed by atoms with van der Waals surface area (Å²) in [4.78, 5) is 26.5. The molecule has 7 heteroatoms. The van der Waals surface area contributed by atoms with Gasteiger partial charge in [-0.3, -0.25) is 4.79 Å². The Kier molecular flexibility index (Phi) is 5.30. The molecule has 1 N–H and O–H groups in total. The summed E-state index contributed by atoms with van der Waals surface area (Å²) >= 11 is 0. The van der Waals surface area contributed by atoms with Crippen molar-refractivity contribution in [2.45, 2.75) is 45.7 Å². The lowest BCUT2D eigenvalue weighted by Crippen LogP contribution is -2.51. The molecule has 1 saturated heterocycles. The number of aryl methyl sites for hydroxylation is 1. The second-order valence-corrected chi connectivity index (χ2v) is 9.06. The summed E-state index contributed by atoms with van der Waals surface area (Å²) in [7, 11) is 0. The van der Waals surface area contributed by atoms with Crippen LogP contribution in [-0.2, 0) is 9.53 Å². The van der Waals surface area contributed by atoms with Crippen molar-refractivity contribution in [1.29, 1.82) is 0 Å². The van der Waals surface area contributed by atoms with E-state index in [9.17, 15) is 4.79 Å². The third-order valence-electron chi connectivity index (χ3n) is 6.83. The fourth-order valence-electron chi connectivity index (χ4n) is 5.19. The predicted octanol–water partition coefficient (Wildman–Crippen LogP) is 3.56. The molecule has 164 valence electrons. The van der Waals surface area contributed by atoms with Gasteiger partial charge in [-0.05, 0) is 43.9 Å². The number of pyridine rings is 2. The van der Waals surface area contributed by atoms with Gasteiger partial charge in [-0.1, -0.05) is 13.0 Å². The number of aromatic nitrogens is 2. The van der Waals surface area contributed by atoms with Crippen molar-refractivity contribution in [2.24, 2.45) is 11.8 Å². The zero-order chi connectivity index (χ0) is 21.5. The van der Waals surface area contributed by atoms with E-state index in [1.54, 1.807) is 6.92 Å². The van der Waals surface area contributed by atoms with E-state index in [0.717, 1.165) is 41.7 Å². The van der Waals surface area contributed by atoms with Gasteiger partial charge < -0.3 is 19.9 Å². The fourth-order valence-corrected chi connectivity index (χ4v) is 5.19. The summed E-state index contributed by atoms with van der Waals surface area (Å²) in [5, 5.41) is 3.71. The molecule has 2 aromatic heterocycles. The molecule has 1 saturated carbocycles. The van der Waals surface area contributed by atoms with Gasteiger partial charge in [-0.25, -0.2) is 9.97 Å². The number of nitrogens with zero attached hydrogens (tertiary/aromatic N) is 4. The molecule has 0 bridgehead atoms. The van der Waals surface area contributed by atoms with Crippen LogP contribution in [0.3, 0.4) is 0 Å². The number of nitrogens with one attached hydrogen (secondary N) is 1. The number of rotatable bonds is 4. The zero-order valence-electron chi connectivity index (χ0n) is 18.5. The minimum atomic E-state index is 0.0632. The Balaban J connectivity index is 1.58. The number of morpholine rings is 1. The average molecular weight is 422 g/mol. The second kappa shape index (κ2) is 8.11. The van der Waals surface area contributed by atoms with Crippen molar-refractivity contribution >= 4 is 23.2 Å². The van der Waals surface area contributed by atoms with Crippen LogP contribution < -0.4 is 15.1 Å². The lowest BCUT2D eigenvalue weighted by Gasteiger charge is -2.46. The summed E-state index contributed by atoms with van der Waals surface area (Å²) in [6, 6.07) is 8.48. The molecule has 7 nitrogen and oxygen atoms in total. The monoisotopic (exact) mass is 421 g/mol. The number of anilines is 3. The molecule has 5 rings (SSSR count). The lowest BCUT2D eigenvalue weighted by molar-refractivity contribution is -0.117. The first-order chi connectivity index (χ1) is 15.0. The maximum Gasteiger partial charge on any atom is 0.224 e. The van der Waals surface area contributed by atoms with E-state index < -0.39 is 0 Å². The second-order valence-electron chi connectivity index (χ2n) is 9.06. The van der Waals surface area contributed by atoms with Crippen molar-refractivity contribution < 1.29 is 9.53 Å². The van der Waals surface area contributed by atoms with Crippen LogP contribution in [0.1, 0.15) is 44.0 Å². The van der Waals surface area contributed by atoms with Crippen LogP contribution in [0.15, 0.2) is 30.5 Å². The highest BCUT2D eigenvalue weighted by Crippen LogP contribution is 2.50. The minimum absolute atomic E-state index is 0.0632. The third-order valence-corrected chi connectivity index (χ3v) is 6.83. The molecule has 3 aliphatic rings. The molecule has 2 aliphatic heterocycles. The highest BCUT2D eigenvalue weighted by atomic mass is 16.5. The average Bonchev–Trinajstić information content (AvgIpc) is 3.60. The van der Waals surface area contributed by atoms with Gasteiger partial charge in [0.25, 0.3) is 0 Å². The van der Waals surface area contributed by atoms with E-state index in [1.807, 2.05) is 36.2 Å². The van der Waals surface area contributed by atoms with Gasteiger partial charge in [0.1, 0.15) is 11.6 Å². The maximum atomic E-state index is 12.8. The first-order valence-electron chi connectivity index (χ1n) is 11.4. The zero-order valence-corrected chi connectivity index (χ0v) is 18.5. The Morgan fingerprint density at radius 1 is 1.23 bits per heavy atom. The summed E-state index contributed by atoms with van der Waals surface area (Å²) in [6.07, 6.45) is 4.27. The quantitative estimate of drug-likeness (QED) is 0.814. The summed E-state index contributed by atoms with van der Waals surface area (Å²) in [6.45, 7) is 9.05. The van der Waals surface area contributed by atoms with Crippen LogP contribution in [-0.4, -0.2) is 48.2 Å². The Morgan fingerprint density at radius 2 is 2.00 bits per heavy atom. The summed E-state index contributed by atoms with van der Waals surface area (Å²) < 4.78 is 5.52. The van der Waals surface area contributed by atoms with Gasteiger partial charge in [-0.15, -0.1) is 0 Å². The largest absolute Gasteiger partial charge is 0.378 e. The highest BCUT2D eigenvalue weighted by Gasteiger charge is 2.48.